The van der Waals surface area contributed by atoms with E-state index in [-0.39, 0.29) is 6.10 Å². The molecule has 0 radical (unpaired) electrons. The van der Waals surface area contributed by atoms with Gasteiger partial charge in [0.1, 0.15) is 11.5 Å². The minimum absolute atomic E-state index is 0.286. The molecule has 98 valence electrons. The molecule has 0 saturated heterocycles. The van der Waals surface area contributed by atoms with Crippen LogP contribution in [0.1, 0.15) is 20.3 Å². The fourth-order valence-electron chi connectivity index (χ4n) is 2.78. The number of hydrogen-bond donors (Lipinski definition) is 0. The standard InChI is InChI=1S/C13H18N2O3/c1-5-18-10-7-12(8-14)9(2)6-13(12,17-4)15-11(10)16-3/h6,10H,5,7H2,1-4H3/t10-,12-,13+/m0/s1. The van der Waals surface area contributed by atoms with E-state index in [2.05, 4.69) is 11.1 Å². The number of rotatable bonds is 3. The summed E-state index contributed by atoms with van der Waals surface area (Å²) in [6.45, 7) is 4.39. The van der Waals surface area contributed by atoms with Crippen LogP contribution in [0, 0.1) is 16.7 Å². The van der Waals surface area contributed by atoms with Gasteiger partial charge in [-0.1, -0.05) is 0 Å². The minimum atomic E-state index is -0.912. The van der Waals surface area contributed by atoms with E-state index in [0.717, 1.165) is 5.57 Å². The highest BCUT2D eigenvalue weighted by molar-refractivity contribution is 5.83. The molecule has 18 heavy (non-hydrogen) atoms. The van der Waals surface area contributed by atoms with Crippen LogP contribution in [-0.4, -0.2) is 38.6 Å². The number of nitrogens with zero attached hydrogens (tertiary/aromatic N) is 2. The summed E-state index contributed by atoms with van der Waals surface area (Å²) in [5.74, 6) is 0.494. The van der Waals surface area contributed by atoms with Crippen LogP contribution in [0.25, 0.3) is 0 Å². The number of aliphatic imine (C=N–C) groups is 1. The summed E-state index contributed by atoms with van der Waals surface area (Å²) in [6.07, 6.45) is 2.10. The Kier molecular flexibility index (Phi) is 3.18. The summed E-state index contributed by atoms with van der Waals surface area (Å²) in [5.41, 5.74) is -0.663. The molecule has 1 aliphatic carbocycles. The predicted molar refractivity (Wildman–Crippen MR) is 66.0 cm³/mol. The van der Waals surface area contributed by atoms with E-state index >= 15 is 0 Å². The van der Waals surface area contributed by atoms with E-state index in [1.165, 1.54) is 0 Å². The van der Waals surface area contributed by atoms with Gasteiger partial charge in [0.25, 0.3) is 0 Å². The second-order valence-corrected chi connectivity index (χ2v) is 4.55. The molecule has 0 unspecified atom stereocenters. The molecular formula is C13H18N2O3. The monoisotopic (exact) mass is 250 g/mol. The normalized spacial score (nSPS) is 37.8. The zero-order valence-corrected chi connectivity index (χ0v) is 11.2. The van der Waals surface area contributed by atoms with Crippen molar-refractivity contribution >= 4 is 5.90 Å². The van der Waals surface area contributed by atoms with Gasteiger partial charge in [0.2, 0.25) is 11.6 Å². The molecule has 2 aliphatic rings. The second kappa shape index (κ2) is 4.38. The van der Waals surface area contributed by atoms with Crippen molar-refractivity contribution in [3.8, 4) is 6.07 Å². The first-order chi connectivity index (χ1) is 8.59. The maximum absolute atomic E-state index is 9.55. The lowest BCUT2D eigenvalue weighted by Crippen LogP contribution is -2.60. The Bertz CT molecular complexity index is 452. The van der Waals surface area contributed by atoms with Gasteiger partial charge < -0.3 is 14.2 Å². The van der Waals surface area contributed by atoms with E-state index in [1.807, 2.05) is 19.9 Å². The van der Waals surface area contributed by atoms with Crippen LogP contribution in [0.4, 0.5) is 0 Å². The largest absolute Gasteiger partial charge is 0.482 e. The molecule has 5 nitrogen and oxygen atoms in total. The maximum Gasteiger partial charge on any atom is 0.216 e. The molecular weight excluding hydrogens is 232 g/mol. The summed E-state index contributed by atoms with van der Waals surface area (Å²) >= 11 is 0. The van der Waals surface area contributed by atoms with Crippen molar-refractivity contribution in [3.05, 3.63) is 11.6 Å². The Balaban J connectivity index is 2.46. The number of nitriles is 1. The van der Waals surface area contributed by atoms with Crippen LogP contribution < -0.4 is 0 Å². The zero-order valence-electron chi connectivity index (χ0n) is 11.2. The lowest BCUT2D eigenvalue weighted by Gasteiger charge is -2.52. The lowest BCUT2D eigenvalue weighted by molar-refractivity contribution is -0.0855. The molecule has 5 heteroatoms. The third kappa shape index (κ3) is 1.43. The fraction of sp³-hybridized carbons (Fsp3) is 0.692. The molecule has 3 atom stereocenters. The predicted octanol–water partition coefficient (Wildman–Crippen LogP) is 1.65. The van der Waals surface area contributed by atoms with Crippen molar-refractivity contribution < 1.29 is 14.2 Å². The van der Waals surface area contributed by atoms with Gasteiger partial charge in [0.15, 0.2) is 0 Å². The molecule has 2 rings (SSSR count). The highest BCUT2D eigenvalue weighted by atomic mass is 16.5. The quantitative estimate of drug-likeness (QED) is 0.714. The van der Waals surface area contributed by atoms with Crippen molar-refractivity contribution in [2.24, 2.45) is 10.4 Å². The summed E-state index contributed by atoms with van der Waals surface area (Å²) in [5, 5.41) is 9.55. The Morgan fingerprint density at radius 1 is 1.56 bits per heavy atom. The number of ether oxygens (including phenoxy) is 3. The topological polar surface area (TPSA) is 63.8 Å². The van der Waals surface area contributed by atoms with Gasteiger partial charge in [-0.25, -0.2) is 4.99 Å². The van der Waals surface area contributed by atoms with Crippen molar-refractivity contribution in [1.82, 2.24) is 0 Å². The maximum atomic E-state index is 9.55. The van der Waals surface area contributed by atoms with Crippen LogP contribution in [0.2, 0.25) is 0 Å². The fourth-order valence-corrected chi connectivity index (χ4v) is 2.78. The molecule has 1 aliphatic heterocycles. The highest BCUT2D eigenvalue weighted by Gasteiger charge is 2.64. The van der Waals surface area contributed by atoms with Crippen LogP contribution in [-0.2, 0) is 14.2 Å². The van der Waals surface area contributed by atoms with Crippen molar-refractivity contribution in [1.29, 1.82) is 5.26 Å². The SMILES string of the molecule is CCO[C@H]1C[C@]2(C#N)C(C)=C[C@]2(OC)N=C1OC. The van der Waals surface area contributed by atoms with E-state index < -0.39 is 11.1 Å². The van der Waals surface area contributed by atoms with Gasteiger partial charge in [-0.2, -0.15) is 5.26 Å². The third-order valence-electron chi connectivity index (χ3n) is 3.82. The van der Waals surface area contributed by atoms with Crippen molar-refractivity contribution in [2.75, 3.05) is 20.8 Å². The van der Waals surface area contributed by atoms with Crippen LogP contribution >= 0.6 is 0 Å². The Labute approximate surface area is 107 Å². The average Bonchev–Trinajstić information content (AvgIpc) is 2.38. The minimum Gasteiger partial charge on any atom is -0.482 e. The van der Waals surface area contributed by atoms with E-state index in [4.69, 9.17) is 14.2 Å². The Morgan fingerprint density at radius 2 is 2.28 bits per heavy atom. The molecule has 0 fully saturated rings. The molecule has 0 aromatic heterocycles. The van der Waals surface area contributed by atoms with Gasteiger partial charge in [0.05, 0.1) is 13.2 Å². The molecule has 0 bridgehead atoms. The van der Waals surface area contributed by atoms with Crippen molar-refractivity contribution in [3.63, 3.8) is 0 Å². The molecule has 0 aromatic rings. The van der Waals surface area contributed by atoms with Gasteiger partial charge in [0, 0.05) is 20.1 Å². The van der Waals surface area contributed by atoms with Crippen LogP contribution in [0.3, 0.4) is 0 Å². The van der Waals surface area contributed by atoms with Gasteiger partial charge in [-0.05, 0) is 25.5 Å². The second-order valence-electron chi connectivity index (χ2n) is 4.55. The van der Waals surface area contributed by atoms with E-state index in [9.17, 15) is 5.26 Å². The molecule has 0 N–H and O–H groups in total. The first kappa shape index (κ1) is 13.1. The number of hydrogen-bond acceptors (Lipinski definition) is 5. The van der Waals surface area contributed by atoms with E-state index in [0.29, 0.717) is 18.9 Å². The summed E-state index contributed by atoms with van der Waals surface area (Å²) in [7, 11) is 3.12. The first-order valence-electron chi connectivity index (χ1n) is 6.00. The molecule has 0 spiro atoms. The Morgan fingerprint density at radius 3 is 2.72 bits per heavy atom. The molecule has 0 amide bonds. The summed E-state index contributed by atoms with van der Waals surface area (Å²) in [4.78, 5) is 4.46. The summed E-state index contributed by atoms with van der Waals surface area (Å²) < 4.78 is 16.4. The van der Waals surface area contributed by atoms with Crippen LogP contribution in [0.15, 0.2) is 16.6 Å². The van der Waals surface area contributed by atoms with Gasteiger partial charge in [-0.15, -0.1) is 0 Å². The average molecular weight is 250 g/mol. The third-order valence-corrected chi connectivity index (χ3v) is 3.82. The molecule has 0 saturated carbocycles. The van der Waals surface area contributed by atoms with Crippen molar-refractivity contribution in [2.45, 2.75) is 32.1 Å². The molecule has 1 heterocycles. The number of fused-ring (bicyclic) bond motifs is 1. The van der Waals surface area contributed by atoms with Gasteiger partial charge in [-0.3, -0.25) is 0 Å². The summed E-state index contributed by atoms with van der Waals surface area (Å²) in [6, 6.07) is 2.36. The smallest absolute Gasteiger partial charge is 0.216 e. The molecule has 0 aromatic carbocycles. The van der Waals surface area contributed by atoms with Crippen LogP contribution in [0.5, 0.6) is 0 Å². The van der Waals surface area contributed by atoms with Gasteiger partial charge >= 0.3 is 0 Å². The number of methoxy groups -OCH3 is 2. The lowest BCUT2D eigenvalue weighted by atomic mass is 9.59. The van der Waals surface area contributed by atoms with E-state index in [1.54, 1.807) is 14.2 Å². The first-order valence-corrected chi connectivity index (χ1v) is 6.00. The zero-order chi connectivity index (χ0) is 13.4. The Hall–Kier alpha value is -1.38. The highest BCUT2D eigenvalue weighted by Crippen LogP contribution is 2.57.